The molecule has 1 aromatic rings. The predicted octanol–water partition coefficient (Wildman–Crippen LogP) is 3.33. The molecule has 150 valence electrons. The summed E-state index contributed by atoms with van der Waals surface area (Å²) in [6.07, 6.45) is 0.533. The van der Waals surface area contributed by atoms with Gasteiger partial charge in [0.1, 0.15) is 5.60 Å². The van der Waals surface area contributed by atoms with Crippen molar-refractivity contribution in [2.75, 3.05) is 5.32 Å². The first-order valence-electron chi connectivity index (χ1n) is 8.50. The lowest BCUT2D eigenvalue weighted by Crippen LogP contribution is -2.41. The fourth-order valence-corrected chi connectivity index (χ4v) is 2.25. The van der Waals surface area contributed by atoms with Gasteiger partial charge in [-0.3, -0.25) is 5.32 Å². The van der Waals surface area contributed by atoms with Crippen LogP contribution in [-0.4, -0.2) is 41.6 Å². The zero-order chi connectivity index (χ0) is 20.6. The number of amides is 1. The first-order valence-corrected chi connectivity index (χ1v) is 8.50. The topological polar surface area (TPSA) is 78.9 Å². The molecule has 1 fully saturated rings. The van der Waals surface area contributed by atoms with Crippen LogP contribution < -0.4 is 15.5 Å². The number of carbonyl (C=O) groups is 1. The Bertz CT molecular complexity index is 691. The van der Waals surface area contributed by atoms with Gasteiger partial charge in [0.15, 0.2) is 11.6 Å². The highest BCUT2D eigenvalue weighted by Crippen LogP contribution is 2.37. The third-order valence-corrected chi connectivity index (χ3v) is 4.23. The number of pyridine rings is 1. The van der Waals surface area contributed by atoms with Gasteiger partial charge in [0.2, 0.25) is 0 Å². The fraction of sp³-hybridized carbons (Fsp3) is 0.647. The third-order valence-electron chi connectivity index (χ3n) is 4.23. The van der Waals surface area contributed by atoms with Crippen molar-refractivity contribution < 1.29 is 32.4 Å². The van der Waals surface area contributed by atoms with E-state index in [-0.39, 0.29) is 11.6 Å². The van der Waals surface area contributed by atoms with Gasteiger partial charge in [-0.1, -0.05) is 0 Å². The molecule has 0 saturated carbocycles. The quantitative estimate of drug-likeness (QED) is 0.800. The highest BCUT2D eigenvalue weighted by molar-refractivity contribution is 6.62. The number of ether oxygens (including phenoxy) is 2. The molecule has 27 heavy (non-hydrogen) atoms. The molecule has 1 aliphatic rings. The van der Waals surface area contributed by atoms with Gasteiger partial charge in [0, 0.05) is 11.7 Å². The molecule has 0 atom stereocenters. The normalized spacial score (nSPS) is 18.5. The van der Waals surface area contributed by atoms with Crippen LogP contribution in [0.5, 0.6) is 5.75 Å². The molecule has 2 heterocycles. The van der Waals surface area contributed by atoms with Gasteiger partial charge in [0.05, 0.1) is 11.2 Å². The lowest BCUT2D eigenvalue weighted by Gasteiger charge is -2.32. The second-order valence-corrected chi connectivity index (χ2v) is 8.21. The maximum Gasteiger partial charge on any atom is 0.496 e. The Morgan fingerprint density at radius 3 is 2.26 bits per heavy atom. The molecule has 0 aliphatic carbocycles. The van der Waals surface area contributed by atoms with Crippen molar-refractivity contribution >= 4 is 24.5 Å². The maximum atomic E-state index is 12.8. The number of halogens is 2. The van der Waals surface area contributed by atoms with Gasteiger partial charge >= 0.3 is 19.8 Å². The minimum Gasteiger partial charge on any atom is -0.444 e. The standard InChI is InChI=1S/C17H25BF2N2O5/c1-15(2,3)25-14(23)22-12-11(24-13(19)20)8-10(9-21-12)18-26-16(4,5)17(6,7)27-18/h8-9,13H,1-7H3,(H,21,22,23). The number of hydrogen-bond acceptors (Lipinski definition) is 6. The lowest BCUT2D eigenvalue weighted by molar-refractivity contribution is -0.0495. The summed E-state index contributed by atoms with van der Waals surface area (Å²) in [5.74, 6) is -0.507. The van der Waals surface area contributed by atoms with E-state index in [9.17, 15) is 13.6 Å². The number of carbonyl (C=O) groups excluding carboxylic acids is 1. The monoisotopic (exact) mass is 386 g/mol. The molecule has 1 aromatic heterocycles. The highest BCUT2D eigenvalue weighted by Gasteiger charge is 2.52. The van der Waals surface area contributed by atoms with Gasteiger partial charge in [-0.25, -0.2) is 9.78 Å². The first-order chi connectivity index (χ1) is 12.2. The van der Waals surface area contributed by atoms with Crippen LogP contribution in [-0.2, 0) is 14.0 Å². The van der Waals surface area contributed by atoms with E-state index in [2.05, 4.69) is 15.0 Å². The van der Waals surface area contributed by atoms with Crippen molar-refractivity contribution in [1.82, 2.24) is 4.98 Å². The van der Waals surface area contributed by atoms with Crippen LogP contribution in [0.3, 0.4) is 0 Å². The Hall–Kier alpha value is -1.94. The summed E-state index contributed by atoms with van der Waals surface area (Å²) in [7, 11) is -0.807. The van der Waals surface area contributed by atoms with Crippen LogP contribution in [0, 0.1) is 0 Å². The summed E-state index contributed by atoms with van der Waals surface area (Å²) in [5, 5.41) is 2.31. The minimum absolute atomic E-state index is 0.190. The second-order valence-electron chi connectivity index (χ2n) is 8.21. The summed E-state index contributed by atoms with van der Waals surface area (Å²) >= 11 is 0. The Morgan fingerprint density at radius 2 is 1.78 bits per heavy atom. The zero-order valence-electron chi connectivity index (χ0n) is 16.6. The number of rotatable bonds is 4. The van der Waals surface area contributed by atoms with E-state index in [1.54, 1.807) is 20.8 Å². The Balaban J connectivity index is 2.27. The van der Waals surface area contributed by atoms with E-state index in [4.69, 9.17) is 14.0 Å². The van der Waals surface area contributed by atoms with Crippen molar-refractivity contribution in [1.29, 1.82) is 0 Å². The van der Waals surface area contributed by atoms with Crippen LogP contribution in [0.2, 0.25) is 0 Å². The van der Waals surface area contributed by atoms with E-state index < -0.39 is 36.6 Å². The molecule has 1 amide bonds. The summed E-state index contributed by atoms with van der Waals surface area (Å²) < 4.78 is 47.0. The van der Waals surface area contributed by atoms with Crippen LogP contribution in [0.25, 0.3) is 0 Å². The number of nitrogens with zero attached hydrogens (tertiary/aromatic N) is 1. The van der Waals surface area contributed by atoms with E-state index >= 15 is 0 Å². The Labute approximate surface area is 157 Å². The van der Waals surface area contributed by atoms with Crippen molar-refractivity contribution in [2.45, 2.75) is 71.9 Å². The van der Waals surface area contributed by atoms with E-state index in [1.807, 2.05) is 27.7 Å². The Kier molecular flexibility index (Phi) is 5.73. The zero-order valence-corrected chi connectivity index (χ0v) is 16.6. The van der Waals surface area contributed by atoms with Crippen molar-refractivity contribution in [2.24, 2.45) is 0 Å². The average Bonchev–Trinajstić information content (AvgIpc) is 2.66. The van der Waals surface area contributed by atoms with Crippen LogP contribution in [0.15, 0.2) is 12.3 Å². The molecule has 0 bridgehead atoms. The van der Waals surface area contributed by atoms with E-state index in [0.29, 0.717) is 5.46 Å². The minimum atomic E-state index is -3.10. The third kappa shape index (κ3) is 5.29. The van der Waals surface area contributed by atoms with E-state index in [1.165, 1.54) is 12.3 Å². The number of anilines is 1. The molecular formula is C17H25BF2N2O5. The summed E-state index contributed by atoms with van der Waals surface area (Å²) in [6.45, 7) is 9.42. The number of nitrogens with one attached hydrogen (secondary N) is 1. The SMILES string of the molecule is CC(C)(C)OC(=O)Nc1ncc(B2OC(C)(C)C(C)(C)O2)cc1OC(F)F. The van der Waals surface area contributed by atoms with Gasteiger partial charge in [0.25, 0.3) is 0 Å². The second kappa shape index (κ2) is 7.24. The van der Waals surface area contributed by atoms with Crippen molar-refractivity contribution in [3.63, 3.8) is 0 Å². The molecule has 1 N–H and O–H groups in total. The van der Waals surface area contributed by atoms with Crippen molar-refractivity contribution in [3.8, 4) is 5.75 Å². The maximum absolute atomic E-state index is 12.8. The number of aromatic nitrogens is 1. The fourth-order valence-electron chi connectivity index (χ4n) is 2.25. The molecule has 0 radical (unpaired) electrons. The lowest BCUT2D eigenvalue weighted by atomic mass is 9.80. The first kappa shape index (κ1) is 21.4. The average molecular weight is 386 g/mol. The van der Waals surface area contributed by atoms with Gasteiger partial charge in [-0.2, -0.15) is 8.78 Å². The largest absolute Gasteiger partial charge is 0.496 e. The highest BCUT2D eigenvalue weighted by atomic mass is 19.3. The number of hydrogen-bond donors (Lipinski definition) is 1. The molecular weight excluding hydrogens is 361 g/mol. The van der Waals surface area contributed by atoms with Crippen LogP contribution >= 0.6 is 0 Å². The van der Waals surface area contributed by atoms with Gasteiger partial charge in [-0.15, -0.1) is 0 Å². The van der Waals surface area contributed by atoms with Crippen LogP contribution in [0.4, 0.5) is 19.4 Å². The smallest absolute Gasteiger partial charge is 0.444 e. The summed E-state index contributed by atoms with van der Waals surface area (Å²) in [4.78, 5) is 15.9. The molecule has 1 saturated heterocycles. The summed E-state index contributed by atoms with van der Waals surface area (Å²) in [6, 6.07) is 1.30. The summed E-state index contributed by atoms with van der Waals surface area (Å²) in [5.41, 5.74) is -1.57. The molecule has 2 rings (SSSR count). The number of alkyl halides is 2. The molecule has 7 nitrogen and oxygen atoms in total. The molecule has 1 aliphatic heterocycles. The van der Waals surface area contributed by atoms with Crippen LogP contribution in [0.1, 0.15) is 48.5 Å². The van der Waals surface area contributed by atoms with Gasteiger partial charge in [-0.05, 0) is 54.5 Å². The molecule has 0 aromatic carbocycles. The van der Waals surface area contributed by atoms with E-state index in [0.717, 1.165) is 0 Å². The van der Waals surface area contributed by atoms with Crippen molar-refractivity contribution in [3.05, 3.63) is 12.3 Å². The predicted molar refractivity (Wildman–Crippen MR) is 96.4 cm³/mol. The molecule has 0 spiro atoms. The Morgan fingerprint density at radius 1 is 1.22 bits per heavy atom. The molecule has 0 unspecified atom stereocenters. The van der Waals surface area contributed by atoms with Gasteiger partial charge < -0.3 is 18.8 Å². The molecule has 10 heteroatoms.